The number of nitrogens with zero attached hydrogens (tertiary/aromatic N) is 2. The zero-order chi connectivity index (χ0) is 15.7. The molecule has 0 fully saturated rings. The molecular weight excluding hydrogens is 258 g/mol. The molecule has 0 unspecified atom stereocenters. The molecule has 0 atom stereocenters. The maximum Gasteiger partial charge on any atom is 0.0728 e. The Bertz CT molecular complexity index is 598. The number of hydrogen-bond donors (Lipinski definition) is 1. The van der Waals surface area contributed by atoms with Crippen molar-refractivity contribution in [2.45, 2.75) is 41.5 Å². The van der Waals surface area contributed by atoms with E-state index < -0.39 is 0 Å². The summed E-state index contributed by atoms with van der Waals surface area (Å²) in [5.74, 6) is 0. The van der Waals surface area contributed by atoms with Crippen LogP contribution in [0.15, 0.2) is 29.5 Å². The van der Waals surface area contributed by atoms with E-state index in [1.54, 1.807) is 5.01 Å². The summed E-state index contributed by atoms with van der Waals surface area (Å²) in [4.78, 5) is 0. The van der Waals surface area contributed by atoms with Gasteiger partial charge in [0.2, 0.25) is 0 Å². The van der Waals surface area contributed by atoms with Crippen LogP contribution < -0.4 is 5.01 Å². The highest BCUT2D eigenvalue weighted by Crippen LogP contribution is 2.36. The zero-order valence-corrected chi connectivity index (χ0v) is 13.7. The third-order valence-corrected chi connectivity index (χ3v) is 3.79. The first-order valence-corrected chi connectivity index (χ1v) is 7.18. The van der Waals surface area contributed by atoms with Gasteiger partial charge in [-0.05, 0) is 63.8 Å². The van der Waals surface area contributed by atoms with Gasteiger partial charge in [-0.15, -0.1) is 0 Å². The van der Waals surface area contributed by atoms with Crippen LogP contribution in [0.1, 0.15) is 33.4 Å². The lowest BCUT2D eigenvalue weighted by Crippen LogP contribution is -2.14. The molecule has 0 aliphatic carbocycles. The second kappa shape index (κ2) is 5.68. The molecule has 2 rings (SSSR count). The summed E-state index contributed by atoms with van der Waals surface area (Å²) in [7, 11) is 0. The standard InChI is InChI=1S/C18H23N3/c1-11-7-13(3)17(14(4)8-11)21(20-19)18-15(5)9-12(2)10-16(18)6/h7-10,19H,1-6H3. The molecule has 21 heavy (non-hydrogen) atoms. The Morgan fingerprint density at radius 1 is 0.667 bits per heavy atom. The van der Waals surface area contributed by atoms with Gasteiger partial charge in [0.1, 0.15) is 0 Å². The van der Waals surface area contributed by atoms with Crippen molar-refractivity contribution in [2.75, 3.05) is 5.01 Å². The predicted molar refractivity (Wildman–Crippen MR) is 88.6 cm³/mol. The van der Waals surface area contributed by atoms with E-state index in [1.807, 2.05) is 0 Å². The van der Waals surface area contributed by atoms with Crippen LogP contribution in [0, 0.1) is 47.1 Å². The lowest BCUT2D eigenvalue weighted by Gasteiger charge is -2.25. The van der Waals surface area contributed by atoms with Gasteiger partial charge in [0.25, 0.3) is 0 Å². The maximum atomic E-state index is 7.68. The first-order chi connectivity index (χ1) is 9.85. The lowest BCUT2D eigenvalue weighted by molar-refractivity contribution is 0.902. The van der Waals surface area contributed by atoms with Crippen LogP contribution in [-0.2, 0) is 0 Å². The van der Waals surface area contributed by atoms with Crippen LogP contribution in [0.25, 0.3) is 0 Å². The molecular formula is C18H23N3. The summed E-state index contributed by atoms with van der Waals surface area (Å²) in [6.07, 6.45) is 0. The second-order valence-electron chi connectivity index (χ2n) is 5.91. The molecule has 0 saturated carbocycles. The topological polar surface area (TPSA) is 39.5 Å². The van der Waals surface area contributed by atoms with Crippen LogP contribution in [-0.4, -0.2) is 0 Å². The molecule has 3 nitrogen and oxygen atoms in total. The van der Waals surface area contributed by atoms with E-state index in [9.17, 15) is 0 Å². The molecule has 0 amide bonds. The van der Waals surface area contributed by atoms with Crippen LogP contribution in [0.2, 0.25) is 0 Å². The van der Waals surface area contributed by atoms with Crippen molar-refractivity contribution in [1.82, 2.24) is 0 Å². The highest BCUT2D eigenvalue weighted by molar-refractivity contribution is 5.73. The van der Waals surface area contributed by atoms with Crippen molar-refractivity contribution >= 4 is 11.4 Å². The van der Waals surface area contributed by atoms with Crippen LogP contribution in [0.4, 0.5) is 11.4 Å². The van der Waals surface area contributed by atoms with Crippen LogP contribution in [0.5, 0.6) is 0 Å². The SMILES string of the molecule is Cc1cc(C)c(N(N=N)c2c(C)cc(C)cc2C)c(C)c1. The highest BCUT2D eigenvalue weighted by atomic mass is 15.5. The largest absolute Gasteiger partial charge is 0.215 e. The second-order valence-corrected chi connectivity index (χ2v) is 5.91. The van der Waals surface area contributed by atoms with Crippen molar-refractivity contribution in [1.29, 1.82) is 5.53 Å². The molecule has 2 aromatic carbocycles. The molecule has 0 bridgehead atoms. The number of hydrogen-bond acceptors (Lipinski definition) is 2. The number of nitrogens with one attached hydrogen (secondary N) is 1. The Labute approximate surface area is 127 Å². The molecule has 3 heteroatoms. The molecule has 110 valence electrons. The van der Waals surface area contributed by atoms with E-state index >= 15 is 0 Å². The summed E-state index contributed by atoms with van der Waals surface area (Å²) in [5, 5.41) is 5.57. The van der Waals surface area contributed by atoms with E-state index in [0.29, 0.717) is 0 Å². The van der Waals surface area contributed by atoms with Gasteiger partial charge >= 0.3 is 0 Å². The fourth-order valence-corrected chi connectivity index (χ4v) is 3.22. The Morgan fingerprint density at radius 3 is 1.19 bits per heavy atom. The summed E-state index contributed by atoms with van der Waals surface area (Å²) < 4.78 is 0. The summed E-state index contributed by atoms with van der Waals surface area (Å²) in [5.41, 5.74) is 16.7. The molecule has 2 aromatic rings. The minimum Gasteiger partial charge on any atom is -0.215 e. The molecule has 0 radical (unpaired) electrons. The van der Waals surface area contributed by atoms with E-state index in [-0.39, 0.29) is 0 Å². The molecule has 0 saturated heterocycles. The average Bonchev–Trinajstić information content (AvgIpc) is 2.34. The van der Waals surface area contributed by atoms with Crippen molar-refractivity contribution in [3.8, 4) is 0 Å². The predicted octanol–water partition coefficient (Wildman–Crippen LogP) is 5.62. The van der Waals surface area contributed by atoms with Crippen LogP contribution in [0.3, 0.4) is 0 Å². The molecule has 0 aromatic heterocycles. The quantitative estimate of drug-likeness (QED) is 0.575. The third kappa shape index (κ3) is 2.82. The van der Waals surface area contributed by atoms with E-state index in [4.69, 9.17) is 5.53 Å². The summed E-state index contributed by atoms with van der Waals surface area (Å²) in [6, 6.07) is 8.55. The van der Waals surface area contributed by atoms with Gasteiger partial charge in [0.05, 0.1) is 11.4 Å². The van der Waals surface area contributed by atoms with Crippen LogP contribution >= 0.6 is 0 Å². The minimum absolute atomic E-state index is 1.01. The molecule has 1 N–H and O–H groups in total. The Hall–Kier alpha value is -2.16. The molecule has 0 aliphatic heterocycles. The lowest BCUT2D eigenvalue weighted by atomic mass is 10.0. The Morgan fingerprint density at radius 2 is 0.952 bits per heavy atom. The van der Waals surface area contributed by atoms with Gasteiger partial charge in [-0.25, -0.2) is 5.01 Å². The summed E-state index contributed by atoms with van der Waals surface area (Å²) in [6.45, 7) is 12.5. The number of benzene rings is 2. The normalized spacial score (nSPS) is 10.6. The van der Waals surface area contributed by atoms with E-state index in [2.05, 4.69) is 71.0 Å². The molecule has 0 heterocycles. The monoisotopic (exact) mass is 281 g/mol. The van der Waals surface area contributed by atoms with Crippen molar-refractivity contribution in [2.24, 2.45) is 5.22 Å². The third-order valence-electron chi connectivity index (χ3n) is 3.79. The van der Waals surface area contributed by atoms with Crippen molar-refractivity contribution < 1.29 is 0 Å². The number of aryl methyl sites for hydroxylation is 6. The Kier molecular flexibility index (Phi) is 4.12. The van der Waals surface area contributed by atoms with Gasteiger partial charge < -0.3 is 0 Å². The minimum atomic E-state index is 1.01. The molecule has 0 spiro atoms. The fourth-order valence-electron chi connectivity index (χ4n) is 3.22. The first-order valence-electron chi connectivity index (χ1n) is 7.18. The van der Waals surface area contributed by atoms with Crippen molar-refractivity contribution in [3.05, 3.63) is 57.6 Å². The van der Waals surface area contributed by atoms with E-state index in [0.717, 1.165) is 33.6 Å². The van der Waals surface area contributed by atoms with Crippen molar-refractivity contribution in [3.63, 3.8) is 0 Å². The smallest absolute Gasteiger partial charge is 0.0728 e. The van der Waals surface area contributed by atoms with Gasteiger partial charge in [-0.1, -0.05) is 40.6 Å². The number of anilines is 2. The van der Waals surface area contributed by atoms with E-state index in [1.165, 1.54) is 11.1 Å². The zero-order valence-electron chi connectivity index (χ0n) is 13.7. The summed E-state index contributed by atoms with van der Waals surface area (Å²) >= 11 is 0. The maximum absolute atomic E-state index is 7.68. The first kappa shape index (κ1) is 15.2. The fraction of sp³-hybridized carbons (Fsp3) is 0.333. The average molecular weight is 281 g/mol. The number of rotatable bonds is 3. The van der Waals surface area contributed by atoms with Gasteiger partial charge in [-0.3, -0.25) is 0 Å². The van der Waals surface area contributed by atoms with Gasteiger partial charge in [-0.2, -0.15) is 5.53 Å². The highest BCUT2D eigenvalue weighted by Gasteiger charge is 2.18. The van der Waals surface area contributed by atoms with Gasteiger partial charge in [0.15, 0.2) is 0 Å². The molecule has 0 aliphatic rings. The van der Waals surface area contributed by atoms with Gasteiger partial charge in [0, 0.05) is 0 Å². The Balaban J connectivity index is 2.69.